The van der Waals surface area contributed by atoms with Crippen molar-refractivity contribution in [2.24, 2.45) is 0 Å². The van der Waals surface area contributed by atoms with Crippen LogP contribution in [0.25, 0.3) is 5.78 Å². The highest BCUT2D eigenvalue weighted by Gasteiger charge is 2.28. The Morgan fingerprint density at radius 1 is 1.24 bits per heavy atom. The summed E-state index contributed by atoms with van der Waals surface area (Å²) in [5.41, 5.74) is 2.91. The molecule has 8 heteroatoms. The number of fused-ring (bicyclic) bond motifs is 1. The van der Waals surface area contributed by atoms with Gasteiger partial charge in [-0.15, -0.1) is 5.10 Å². The summed E-state index contributed by atoms with van der Waals surface area (Å²) >= 11 is 0. The lowest BCUT2D eigenvalue weighted by Gasteiger charge is -2.32. The third kappa shape index (κ3) is 2.88. The number of nitrogens with zero attached hydrogens (tertiary/aromatic N) is 7. The molecular formula is C17H21N7O. The van der Waals surface area contributed by atoms with E-state index in [-0.39, 0.29) is 17.8 Å². The number of hydrogen-bond donors (Lipinski definition) is 0. The Bertz CT molecular complexity index is 942. The van der Waals surface area contributed by atoms with E-state index in [1.807, 2.05) is 48.8 Å². The summed E-state index contributed by atoms with van der Waals surface area (Å²) in [5, 5.41) is 8.76. The van der Waals surface area contributed by atoms with Crippen LogP contribution in [0.2, 0.25) is 0 Å². The van der Waals surface area contributed by atoms with Gasteiger partial charge in [0.15, 0.2) is 0 Å². The first-order valence-corrected chi connectivity index (χ1v) is 8.52. The summed E-state index contributed by atoms with van der Waals surface area (Å²) < 4.78 is 3.58. The van der Waals surface area contributed by atoms with Crippen molar-refractivity contribution in [2.75, 3.05) is 13.1 Å². The van der Waals surface area contributed by atoms with E-state index in [9.17, 15) is 4.79 Å². The number of rotatable bonds is 2. The first kappa shape index (κ1) is 15.7. The number of carbonyl (C=O) groups excluding carboxylic acids is 1. The van der Waals surface area contributed by atoms with Gasteiger partial charge in [0.05, 0.1) is 12.2 Å². The zero-order chi connectivity index (χ0) is 17.6. The van der Waals surface area contributed by atoms with E-state index >= 15 is 0 Å². The standard InChI is InChI=1S/C17H21N7O/c1-11-8-18-23(9-11)14-5-4-6-22(10-14)16(25)15-20-17-19-12(2)7-13(3)24(17)21-15/h7-9,14H,4-6,10H2,1-3H3/t14-/m0/s1. The topological polar surface area (TPSA) is 81.2 Å². The molecule has 0 saturated carbocycles. The van der Waals surface area contributed by atoms with E-state index < -0.39 is 0 Å². The maximum atomic E-state index is 12.9. The minimum Gasteiger partial charge on any atom is -0.334 e. The predicted octanol–water partition coefficient (Wildman–Crippen LogP) is 1.72. The normalized spacial score (nSPS) is 18.0. The van der Waals surface area contributed by atoms with E-state index in [4.69, 9.17) is 0 Å². The van der Waals surface area contributed by atoms with Gasteiger partial charge in [-0.3, -0.25) is 9.48 Å². The Morgan fingerprint density at radius 3 is 2.84 bits per heavy atom. The van der Waals surface area contributed by atoms with Crippen molar-refractivity contribution in [2.45, 2.75) is 39.7 Å². The fourth-order valence-electron chi connectivity index (χ4n) is 3.39. The number of carbonyl (C=O) groups is 1. The zero-order valence-electron chi connectivity index (χ0n) is 14.7. The monoisotopic (exact) mass is 339 g/mol. The van der Waals surface area contributed by atoms with Crippen molar-refractivity contribution in [3.8, 4) is 0 Å². The van der Waals surface area contributed by atoms with E-state index in [0.29, 0.717) is 12.3 Å². The number of amides is 1. The van der Waals surface area contributed by atoms with E-state index in [0.717, 1.165) is 36.3 Å². The highest BCUT2D eigenvalue weighted by Crippen LogP contribution is 2.22. The van der Waals surface area contributed by atoms with Gasteiger partial charge >= 0.3 is 0 Å². The highest BCUT2D eigenvalue weighted by atomic mass is 16.2. The van der Waals surface area contributed by atoms with Gasteiger partial charge in [-0.1, -0.05) is 0 Å². The minimum absolute atomic E-state index is 0.142. The number of hydrogen-bond acceptors (Lipinski definition) is 5. The van der Waals surface area contributed by atoms with Crippen LogP contribution in [0.4, 0.5) is 0 Å². The summed E-state index contributed by atoms with van der Waals surface area (Å²) in [5.74, 6) is 0.534. The molecule has 3 aromatic heterocycles. The molecule has 0 radical (unpaired) electrons. The molecule has 1 saturated heterocycles. The number of piperidine rings is 1. The van der Waals surface area contributed by atoms with Crippen LogP contribution in [0.5, 0.6) is 0 Å². The zero-order valence-corrected chi connectivity index (χ0v) is 14.7. The van der Waals surface area contributed by atoms with Crippen molar-refractivity contribution in [3.63, 3.8) is 0 Å². The molecule has 1 aliphatic heterocycles. The number of aromatic nitrogens is 6. The van der Waals surface area contributed by atoms with Crippen molar-refractivity contribution in [1.29, 1.82) is 0 Å². The first-order valence-electron chi connectivity index (χ1n) is 8.52. The molecule has 130 valence electrons. The van der Waals surface area contributed by atoms with Crippen LogP contribution in [0.15, 0.2) is 18.5 Å². The summed E-state index contributed by atoms with van der Waals surface area (Å²) in [4.78, 5) is 23.4. The van der Waals surface area contributed by atoms with Gasteiger partial charge in [0.2, 0.25) is 5.82 Å². The molecular weight excluding hydrogens is 318 g/mol. The van der Waals surface area contributed by atoms with Crippen LogP contribution in [-0.2, 0) is 0 Å². The summed E-state index contributed by atoms with van der Waals surface area (Å²) in [6, 6.07) is 2.12. The fourth-order valence-corrected chi connectivity index (χ4v) is 3.39. The van der Waals surface area contributed by atoms with Gasteiger partial charge in [-0.25, -0.2) is 9.50 Å². The van der Waals surface area contributed by atoms with Gasteiger partial charge in [-0.05, 0) is 45.2 Å². The second-order valence-corrected chi connectivity index (χ2v) is 6.73. The maximum absolute atomic E-state index is 12.9. The third-order valence-electron chi connectivity index (χ3n) is 4.60. The Hall–Kier alpha value is -2.77. The number of aryl methyl sites for hydroxylation is 3. The average molecular weight is 339 g/mol. The Balaban J connectivity index is 1.59. The molecule has 0 bridgehead atoms. The third-order valence-corrected chi connectivity index (χ3v) is 4.60. The average Bonchev–Trinajstić information content (AvgIpc) is 3.21. The molecule has 8 nitrogen and oxygen atoms in total. The van der Waals surface area contributed by atoms with Crippen LogP contribution in [0.1, 0.15) is 46.5 Å². The molecule has 0 aromatic carbocycles. The van der Waals surface area contributed by atoms with Gasteiger partial charge in [0.1, 0.15) is 0 Å². The van der Waals surface area contributed by atoms with Crippen LogP contribution in [0, 0.1) is 20.8 Å². The Labute approximate surface area is 145 Å². The maximum Gasteiger partial charge on any atom is 0.293 e. The van der Waals surface area contributed by atoms with Crippen LogP contribution < -0.4 is 0 Å². The minimum atomic E-state index is -0.142. The predicted molar refractivity (Wildman–Crippen MR) is 91.4 cm³/mol. The lowest BCUT2D eigenvalue weighted by Crippen LogP contribution is -2.41. The molecule has 4 heterocycles. The fraction of sp³-hybridized carbons (Fsp3) is 0.471. The highest BCUT2D eigenvalue weighted by molar-refractivity contribution is 5.91. The summed E-state index contributed by atoms with van der Waals surface area (Å²) in [6.45, 7) is 7.21. The van der Waals surface area contributed by atoms with Gasteiger partial charge in [0.25, 0.3) is 11.7 Å². The Kier molecular flexibility index (Phi) is 3.74. The second-order valence-electron chi connectivity index (χ2n) is 6.73. The SMILES string of the molecule is Cc1cnn([C@H]2CCCN(C(=O)c3nc4nc(C)cc(C)n4n3)C2)c1. The number of likely N-dealkylation sites (tertiary alicyclic amines) is 1. The first-order chi connectivity index (χ1) is 12.0. The molecule has 0 unspecified atom stereocenters. The van der Waals surface area contributed by atoms with Gasteiger partial charge < -0.3 is 4.90 Å². The molecule has 1 amide bonds. The van der Waals surface area contributed by atoms with Gasteiger partial charge in [-0.2, -0.15) is 10.1 Å². The molecule has 25 heavy (non-hydrogen) atoms. The van der Waals surface area contributed by atoms with Crippen LogP contribution in [-0.4, -0.2) is 53.3 Å². The molecule has 4 rings (SSSR count). The second kappa shape index (κ2) is 5.94. The molecule has 1 aliphatic rings. The van der Waals surface area contributed by atoms with Crippen LogP contribution in [0.3, 0.4) is 0 Å². The van der Waals surface area contributed by atoms with E-state index in [1.54, 1.807) is 4.52 Å². The lowest BCUT2D eigenvalue weighted by molar-refractivity contribution is 0.0661. The lowest BCUT2D eigenvalue weighted by atomic mass is 10.1. The largest absolute Gasteiger partial charge is 0.334 e. The molecule has 0 spiro atoms. The van der Waals surface area contributed by atoms with Crippen LogP contribution >= 0.6 is 0 Å². The Morgan fingerprint density at radius 2 is 2.08 bits per heavy atom. The molecule has 3 aromatic rings. The van der Waals surface area contributed by atoms with Crippen molar-refractivity contribution >= 4 is 11.7 Å². The summed E-state index contributed by atoms with van der Waals surface area (Å²) in [6.07, 6.45) is 5.83. The molecule has 1 atom stereocenters. The van der Waals surface area contributed by atoms with Crippen molar-refractivity contribution in [3.05, 3.63) is 41.2 Å². The summed E-state index contributed by atoms with van der Waals surface area (Å²) in [7, 11) is 0. The quantitative estimate of drug-likeness (QED) is 0.710. The molecule has 0 aliphatic carbocycles. The van der Waals surface area contributed by atoms with Crippen molar-refractivity contribution in [1.82, 2.24) is 34.3 Å². The van der Waals surface area contributed by atoms with E-state index in [1.165, 1.54) is 0 Å². The van der Waals surface area contributed by atoms with Crippen molar-refractivity contribution < 1.29 is 4.79 Å². The molecule has 0 N–H and O–H groups in total. The van der Waals surface area contributed by atoms with Gasteiger partial charge in [0, 0.05) is 30.7 Å². The molecule has 1 fully saturated rings. The smallest absolute Gasteiger partial charge is 0.293 e. The van der Waals surface area contributed by atoms with E-state index in [2.05, 4.69) is 20.2 Å².